The maximum absolute atomic E-state index is 6.24. The van der Waals surface area contributed by atoms with Crippen LogP contribution in [0.15, 0.2) is 18.6 Å². The standard InChI is InChI=1S/C12H20N6O/c1-17(2)6-7-18-11(9(19-3)8-16-18)10(13)12-14-4-5-15-12/h4-5,8,10H,6-7,13H2,1-3H3,(H,14,15). The van der Waals surface area contributed by atoms with Gasteiger partial charge in [-0.15, -0.1) is 0 Å². The third-order valence-electron chi connectivity index (χ3n) is 2.93. The summed E-state index contributed by atoms with van der Waals surface area (Å²) in [6.45, 7) is 1.63. The van der Waals surface area contributed by atoms with E-state index in [1.807, 2.05) is 18.8 Å². The Morgan fingerprint density at radius 3 is 2.89 bits per heavy atom. The van der Waals surface area contributed by atoms with Crippen LogP contribution < -0.4 is 10.5 Å². The van der Waals surface area contributed by atoms with Crippen LogP contribution in [0.3, 0.4) is 0 Å². The van der Waals surface area contributed by atoms with Gasteiger partial charge in [0.15, 0.2) is 5.75 Å². The molecule has 0 fully saturated rings. The Kier molecular flexibility index (Phi) is 4.18. The second kappa shape index (κ2) is 5.85. The molecule has 2 aromatic heterocycles. The molecule has 2 rings (SSSR count). The molecule has 104 valence electrons. The lowest BCUT2D eigenvalue weighted by molar-refractivity contribution is 0.363. The Bertz CT molecular complexity index is 504. The van der Waals surface area contributed by atoms with Crippen molar-refractivity contribution in [3.05, 3.63) is 30.1 Å². The van der Waals surface area contributed by atoms with Gasteiger partial charge in [-0.3, -0.25) is 4.68 Å². The lowest BCUT2D eigenvalue weighted by Gasteiger charge is -2.16. The minimum Gasteiger partial charge on any atom is -0.493 e. The van der Waals surface area contributed by atoms with E-state index >= 15 is 0 Å². The Morgan fingerprint density at radius 2 is 2.32 bits per heavy atom. The van der Waals surface area contributed by atoms with E-state index in [-0.39, 0.29) is 6.04 Å². The first-order chi connectivity index (χ1) is 9.13. The van der Waals surface area contributed by atoms with E-state index in [1.165, 1.54) is 0 Å². The van der Waals surface area contributed by atoms with Gasteiger partial charge in [-0.2, -0.15) is 5.10 Å². The summed E-state index contributed by atoms with van der Waals surface area (Å²) < 4.78 is 7.20. The molecule has 0 aromatic carbocycles. The van der Waals surface area contributed by atoms with Gasteiger partial charge in [0, 0.05) is 18.9 Å². The molecule has 0 amide bonds. The predicted octanol–water partition coefficient (Wildman–Crippen LogP) is 0.225. The van der Waals surface area contributed by atoms with Crippen LogP contribution in [-0.4, -0.2) is 52.4 Å². The minimum atomic E-state index is -0.380. The summed E-state index contributed by atoms with van der Waals surface area (Å²) in [7, 11) is 5.66. The maximum Gasteiger partial charge on any atom is 0.162 e. The molecule has 0 saturated heterocycles. The Morgan fingerprint density at radius 1 is 1.53 bits per heavy atom. The summed E-state index contributed by atoms with van der Waals surface area (Å²) in [6, 6.07) is -0.380. The Hall–Kier alpha value is -1.86. The highest BCUT2D eigenvalue weighted by Crippen LogP contribution is 2.26. The van der Waals surface area contributed by atoms with E-state index in [2.05, 4.69) is 20.0 Å². The molecule has 0 aliphatic rings. The van der Waals surface area contributed by atoms with Gasteiger partial charge in [-0.05, 0) is 14.1 Å². The smallest absolute Gasteiger partial charge is 0.162 e. The van der Waals surface area contributed by atoms with E-state index in [0.29, 0.717) is 11.6 Å². The fourth-order valence-electron chi connectivity index (χ4n) is 1.90. The van der Waals surface area contributed by atoms with Gasteiger partial charge in [0.2, 0.25) is 0 Å². The zero-order chi connectivity index (χ0) is 13.8. The number of hydrogen-bond donors (Lipinski definition) is 2. The number of aromatic amines is 1. The predicted molar refractivity (Wildman–Crippen MR) is 72.0 cm³/mol. The average Bonchev–Trinajstić information content (AvgIpc) is 3.04. The van der Waals surface area contributed by atoms with Crippen molar-refractivity contribution in [1.82, 2.24) is 24.6 Å². The monoisotopic (exact) mass is 264 g/mol. The van der Waals surface area contributed by atoms with Gasteiger partial charge in [0.25, 0.3) is 0 Å². The number of nitrogens with one attached hydrogen (secondary N) is 1. The molecule has 0 bridgehead atoms. The van der Waals surface area contributed by atoms with E-state index in [1.54, 1.807) is 25.7 Å². The highest BCUT2D eigenvalue weighted by atomic mass is 16.5. The lowest BCUT2D eigenvalue weighted by Crippen LogP contribution is -2.24. The number of ether oxygens (including phenoxy) is 1. The summed E-state index contributed by atoms with van der Waals surface area (Å²) in [5, 5.41) is 4.33. The first kappa shape index (κ1) is 13.6. The van der Waals surface area contributed by atoms with Crippen LogP contribution in [0, 0.1) is 0 Å². The first-order valence-electron chi connectivity index (χ1n) is 6.12. The first-order valence-corrected chi connectivity index (χ1v) is 6.12. The fourth-order valence-corrected chi connectivity index (χ4v) is 1.90. The second-order valence-corrected chi connectivity index (χ2v) is 4.58. The molecule has 0 radical (unpaired) electrons. The van der Waals surface area contributed by atoms with Crippen molar-refractivity contribution in [1.29, 1.82) is 0 Å². The number of H-pyrrole nitrogens is 1. The van der Waals surface area contributed by atoms with Crippen molar-refractivity contribution in [2.75, 3.05) is 27.7 Å². The third-order valence-corrected chi connectivity index (χ3v) is 2.93. The number of hydrogen-bond acceptors (Lipinski definition) is 5. The van der Waals surface area contributed by atoms with Crippen molar-refractivity contribution in [3.8, 4) is 5.75 Å². The maximum atomic E-state index is 6.24. The summed E-state index contributed by atoms with van der Waals surface area (Å²) in [6.07, 6.45) is 5.12. The van der Waals surface area contributed by atoms with Crippen LogP contribution in [0.1, 0.15) is 17.6 Å². The molecule has 19 heavy (non-hydrogen) atoms. The topological polar surface area (TPSA) is 85.0 Å². The Labute approximate surface area is 112 Å². The molecular weight excluding hydrogens is 244 g/mol. The molecule has 0 aliphatic carbocycles. The normalized spacial score (nSPS) is 12.9. The molecule has 2 aromatic rings. The van der Waals surface area contributed by atoms with Crippen LogP contribution in [0.4, 0.5) is 0 Å². The van der Waals surface area contributed by atoms with E-state index in [9.17, 15) is 0 Å². The van der Waals surface area contributed by atoms with Crippen molar-refractivity contribution in [2.24, 2.45) is 5.73 Å². The quantitative estimate of drug-likeness (QED) is 0.780. The second-order valence-electron chi connectivity index (χ2n) is 4.58. The minimum absolute atomic E-state index is 0.380. The van der Waals surface area contributed by atoms with Gasteiger partial charge in [-0.25, -0.2) is 4.98 Å². The number of methoxy groups -OCH3 is 1. The summed E-state index contributed by atoms with van der Waals surface area (Å²) in [5.74, 6) is 1.38. The molecule has 1 atom stereocenters. The van der Waals surface area contributed by atoms with Crippen LogP contribution in [0.2, 0.25) is 0 Å². The van der Waals surface area contributed by atoms with Crippen LogP contribution in [0.5, 0.6) is 5.75 Å². The highest BCUT2D eigenvalue weighted by Gasteiger charge is 2.21. The van der Waals surface area contributed by atoms with Crippen molar-refractivity contribution in [3.63, 3.8) is 0 Å². The van der Waals surface area contributed by atoms with E-state index in [0.717, 1.165) is 18.8 Å². The zero-order valence-corrected chi connectivity index (χ0v) is 11.5. The van der Waals surface area contributed by atoms with Crippen LogP contribution in [-0.2, 0) is 6.54 Å². The van der Waals surface area contributed by atoms with Gasteiger partial charge >= 0.3 is 0 Å². The molecule has 7 nitrogen and oxygen atoms in total. The summed E-state index contributed by atoms with van der Waals surface area (Å²) in [4.78, 5) is 9.32. The van der Waals surface area contributed by atoms with Crippen molar-refractivity contribution < 1.29 is 4.74 Å². The molecule has 2 heterocycles. The van der Waals surface area contributed by atoms with Crippen molar-refractivity contribution >= 4 is 0 Å². The lowest BCUT2D eigenvalue weighted by atomic mass is 10.2. The van der Waals surface area contributed by atoms with Gasteiger partial charge < -0.3 is 20.4 Å². The number of likely N-dealkylation sites (N-methyl/N-ethyl adjacent to an activating group) is 1. The number of rotatable bonds is 6. The zero-order valence-electron chi connectivity index (χ0n) is 11.5. The number of imidazole rings is 1. The molecular formula is C12H20N6O. The molecule has 0 saturated carbocycles. The summed E-state index contributed by atoms with van der Waals surface area (Å²) >= 11 is 0. The van der Waals surface area contributed by atoms with E-state index < -0.39 is 0 Å². The summed E-state index contributed by atoms with van der Waals surface area (Å²) in [5.41, 5.74) is 7.07. The highest BCUT2D eigenvalue weighted by molar-refractivity contribution is 5.31. The Balaban J connectivity index is 2.28. The molecule has 0 aliphatic heterocycles. The molecule has 7 heteroatoms. The number of nitrogens with zero attached hydrogens (tertiary/aromatic N) is 4. The number of nitrogens with two attached hydrogens (primary N) is 1. The third kappa shape index (κ3) is 2.94. The molecule has 3 N–H and O–H groups in total. The molecule has 1 unspecified atom stereocenters. The van der Waals surface area contributed by atoms with Crippen LogP contribution in [0.25, 0.3) is 0 Å². The number of aromatic nitrogens is 4. The van der Waals surface area contributed by atoms with Gasteiger partial charge in [-0.1, -0.05) is 0 Å². The largest absolute Gasteiger partial charge is 0.493 e. The van der Waals surface area contributed by atoms with Gasteiger partial charge in [0.05, 0.1) is 19.9 Å². The average molecular weight is 264 g/mol. The van der Waals surface area contributed by atoms with E-state index in [4.69, 9.17) is 10.5 Å². The molecule has 0 spiro atoms. The van der Waals surface area contributed by atoms with Gasteiger partial charge in [0.1, 0.15) is 17.6 Å². The van der Waals surface area contributed by atoms with Crippen molar-refractivity contribution in [2.45, 2.75) is 12.6 Å². The van der Waals surface area contributed by atoms with Crippen LogP contribution >= 0.6 is 0 Å². The SMILES string of the molecule is COc1cnn(CCN(C)C)c1C(N)c1ncc[nH]1. The fraction of sp³-hybridized carbons (Fsp3) is 0.500.